The van der Waals surface area contributed by atoms with E-state index in [1.54, 1.807) is 6.07 Å². The van der Waals surface area contributed by atoms with Gasteiger partial charge in [-0.05, 0) is 43.4 Å². The van der Waals surface area contributed by atoms with Crippen LogP contribution in [0.2, 0.25) is 0 Å². The lowest BCUT2D eigenvalue weighted by Crippen LogP contribution is -2.22. The Hall–Kier alpha value is -0.960. The molecule has 1 spiro atoms. The van der Waals surface area contributed by atoms with Crippen molar-refractivity contribution in [3.63, 3.8) is 0 Å². The Morgan fingerprint density at radius 1 is 1.25 bits per heavy atom. The van der Waals surface area contributed by atoms with Gasteiger partial charge in [0.1, 0.15) is 18.1 Å². The van der Waals surface area contributed by atoms with E-state index in [1.807, 2.05) is 6.07 Å². The van der Waals surface area contributed by atoms with Crippen molar-refractivity contribution in [2.75, 3.05) is 0 Å². The van der Waals surface area contributed by atoms with Crippen molar-refractivity contribution >= 4 is 0 Å². The van der Waals surface area contributed by atoms with Gasteiger partial charge in [-0.3, -0.25) is 0 Å². The van der Waals surface area contributed by atoms with Gasteiger partial charge in [0, 0.05) is 0 Å². The number of rotatable bonds is 1. The topological polar surface area (TPSA) is 12.5 Å². The van der Waals surface area contributed by atoms with Crippen LogP contribution in [0.25, 0.3) is 0 Å². The quantitative estimate of drug-likeness (QED) is 0.664. The summed E-state index contributed by atoms with van der Waals surface area (Å²) in [5.74, 6) is -0.234. The third-order valence-corrected chi connectivity index (χ3v) is 3.69. The molecule has 1 saturated carbocycles. The first-order chi connectivity index (χ1) is 7.70. The van der Waals surface area contributed by atoms with E-state index in [0.29, 0.717) is 12.8 Å². The van der Waals surface area contributed by atoms with Crippen LogP contribution in [-0.4, -0.2) is 11.8 Å². The Morgan fingerprint density at radius 3 is 2.69 bits per heavy atom. The van der Waals surface area contributed by atoms with Gasteiger partial charge in [-0.2, -0.15) is 0 Å². The summed E-state index contributed by atoms with van der Waals surface area (Å²) >= 11 is 0. The Morgan fingerprint density at radius 2 is 2.00 bits per heavy atom. The third kappa shape index (κ3) is 1.63. The molecule has 0 radical (unpaired) electrons. The number of alkyl halides is 1. The minimum atomic E-state index is -0.678. The van der Waals surface area contributed by atoms with Gasteiger partial charge >= 0.3 is 0 Å². The second-order valence-corrected chi connectivity index (χ2v) is 4.79. The molecule has 2 aliphatic rings. The zero-order valence-corrected chi connectivity index (χ0v) is 8.96. The van der Waals surface area contributed by atoms with Gasteiger partial charge in [0.25, 0.3) is 0 Å². The van der Waals surface area contributed by atoms with Crippen LogP contribution in [0.15, 0.2) is 24.3 Å². The number of hydrogen-bond acceptors (Lipinski definition) is 1. The fourth-order valence-electron chi connectivity index (χ4n) is 2.69. The van der Waals surface area contributed by atoms with Crippen molar-refractivity contribution in [1.82, 2.24) is 0 Å². The molecule has 1 aliphatic carbocycles. The van der Waals surface area contributed by atoms with Crippen molar-refractivity contribution in [2.45, 2.75) is 43.6 Å². The lowest BCUT2D eigenvalue weighted by molar-refractivity contribution is 0.164. The van der Waals surface area contributed by atoms with Crippen molar-refractivity contribution in [3.05, 3.63) is 35.6 Å². The minimum Gasteiger partial charge on any atom is -0.361 e. The molecule has 3 heteroatoms. The predicted octanol–water partition coefficient (Wildman–Crippen LogP) is 3.55. The molecule has 1 aliphatic heterocycles. The monoisotopic (exact) mass is 224 g/mol. The Balaban J connectivity index is 1.76. The number of ether oxygens (including phenoxy) is 1. The fraction of sp³-hybridized carbons (Fsp3) is 0.538. The second kappa shape index (κ2) is 3.52. The average molecular weight is 224 g/mol. The standard InChI is InChI=1S/C13H14F2O/c14-10-4-6-13(7-5-10)12(16-13)9-2-1-3-11(15)8-9/h1-3,8,10,12H,4-7H2. The van der Waals surface area contributed by atoms with Gasteiger partial charge in [-0.15, -0.1) is 0 Å². The van der Waals surface area contributed by atoms with Gasteiger partial charge in [0.05, 0.1) is 5.60 Å². The van der Waals surface area contributed by atoms with Gasteiger partial charge in [-0.25, -0.2) is 8.78 Å². The van der Waals surface area contributed by atoms with Crippen molar-refractivity contribution < 1.29 is 13.5 Å². The van der Waals surface area contributed by atoms with Gasteiger partial charge < -0.3 is 4.74 Å². The summed E-state index contributed by atoms with van der Waals surface area (Å²) < 4.78 is 31.8. The molecule has 0 amide bonds. The lowest BCUT2D eigenvalue weighted by atomic mass is 9.83. The Bertz CT molecular complexity index is 397. The van der Waals surface area contributed by atoms with E-state index in [1.165, 1.54) is 12.1 Å². The number of epoxide rings is 1. The zero-order chi connectivity index (χ0) is 11.2. The number of benzene rings is 1. The maximum Gasteiger partial charge on any atom is 0.123 e. The summed E-state index contributed by atoms with van der Waals surface area (Å²) in [7, 11) is 0. The van der Waals surface area contributed by atoms with Crippen LogP contribution in [-0.2, 0) is 4.74 Å². The van der Waals surface area contributed by atoms with Crippen molar-refractivity contribution in [1.29, 1.82) is 0 Å². The number of halogens is 2. The smallest absolute Gasteiger partial charge is 0.123 e. The largest absolute Gasteiger partial charge is 0.361 e. The highest BCUT2D eigenvalue weighted by atomic mass is 19.1. The SMILES string of the molecule is Fc1cccc(C2OC23CCC(F)CC3)c1. The van der Waals surface area contributed by atoms with Crippen LogP contribution in [0.5, 0.6) is 0 Å². The van der Waals surface area contributed by atoms with Crippen LogP contribution in [0, 0.1) is 5.82 Å². The molecule has 1 atom stereocenters. The zero-order valence-electron chi connectivity index (χ0n) is 8.96. The highest BCUT2D eigenvalue weighted by molar-refractivity contribution is 5.27. The molecule has 1 aromatic carbocycles. The number of hydrogen-bond donors (Lipinski definition) is 0. The average Bonchev–Trinajstić information content (AvgIpc) is 2.98. The Kier molecular flexibility index (Phi) is 2.25. The van der Waals surface area contributed by atoms with Crippen LogP contribution in [0.4, 0.5) is 8.78 Å². The van der Waals surface area contributed by atoms with E-state index >= 15 is 0 Å². The minimum absolute atomic E-state index is 0.0179. The predicted molar refractivity (Wildman–Crippen MR) is 56.3 cm³/mol. The van der Waals surface area contributed by atoms with E-state index in [9.17, 15) is 8.78 Å². The molecule has 1 heterocycles. The molecule has 3 rings (SSSR count). The third-order valence-electron chi connectivity index (χ3n) is 3.69. The molecule has 86 valence electrons. The molecule has 0 aromatic heterocycles. The van der Waals surface area contributed by atoms with Crippen LogP contribution >= 0.6 is 0 Å². The van der Waals surface area contributed by atoms with E-state index in [-0.39, 0.29) is 17.5 Å². The molecule has 16 heavy (non-hydrogen) atoms. The van der Waals surface area contributed by atoms with Gasteiger partial charge in [0.2, 0.25) is 0 Å². The normalized spacial score (nSPS) is 37.6. The molecule has 1 aromatic rings. The van der Waals surface area contributed by atoms with E-state index in [4.69, 9.17) is 4.74 Å². The Labute approximate surface area is 93.4 Å². The molecule has 1 nitrogen and oxygen atoms in total. The van der Waals surface area contributed by atoms with E-state index in [2.05, 4.69) is 0 Å². The molecule has 1 unspecified atom stereocenters. The van der Waals surface area contributed by atoms with Gasteiger partial charge in [0.15, 0.2) is 0 Å². The first-order valence-corrected chi connectivity index (χ1v) is 5.77. The lowest BCUT2D eigenvalue weighted by Gasteiger charge is -2.21. The van der Waals surface area contributed by atoms with Crippen LogP contribution in [0.3, 0.4) is 0 Å². The highest BCUT2D eigenvalue weighted by Gasteiger charge is 2.57. The summed E-state index contributed by atoms with van der Waals surface area (Å²) in [6.07, 6.45) is 1.97. The van der Waals surface area contributed by atoms with Crippen molar-refractivity contribution in [3.8, 4) is 0 Å². The first-order valence-electron chi connectivity index (χ1n) is 5.77. The maximum absolute atomic E-state index is 13.1. The summed E-state index contributed by atoms with van der Waals surface area (Å²) in [6, 6.07) is 6.52. The molecule has 1 saturated heterocycles. The van der Waals surface area contributed by atoms with E-state index < -0.39 is 6.17 Å². The fourth-order valence-corrected chi connectivity index (χ4v) is 2.69. The summed E-state index contributed by atoms with van der Waals surface area (Å²) in [5, 5.41) is 0. The summed E-state index contributed by atoms with van der Waals surface area (Å²) in [6.45, 7) is 0. The first kappa shape index (κ1) is 10.2. The summed E-state index contributed by atoms with van der Waals surface area (Å²) in [5.41, 5.74) is 0.702. The summed E-state index contributed by atoms with van der Waals surface area (Å²) in [4.78, 5) is 0. The highest BCUT2D eigenvalue weighted by Crippen LogP contribution is 2.57. The maximum atomic E-state index is 13.1. The molecular weight excluding hydrogens is 210 g/mol. The molecule has 0 bridgehead atoms. The second-order valence-electron chi connectivity index (χ2n) is 4.79. The van der Waals surface area contributed by atoms with Crippen LogP contribution < -0.4 is 0 Å². The molecular formula is C13H14F2O. The molecule has 2 fully saturated rings. The van der Waals surface area contributed by atoms with Gasteiger partial charge in [-0.1, -0.05) is 12.1 Å². The molecule has 0 N–H and O–H groups in total. The van der Waals surface area contributed by atoms with Crippen LogP contribution in [0.1, 0.15) is 37.4 Å². The van der Waals surface area contributed by atoms with E-state index in [0.717, 1.165) is 18.4 Å². The van der Waals surface area contributed by atoms with Crippen molar-refractivity contribution in [2.24, 2.45) is 0 Å².